The number of phenolic OH excluding ortho intramolecular Hbond substituents is 1. The lowest BCUT2D eigenvalue weighted by Crippen LogP contribution is -2.07. The summed E-state index contributed by atoms with van der Waals surface area (Å²) in [7, 11) is 0. The van der Waals surface area contributed by atoms with E-state index < -0.39 is 23.3 Å². The summed E-state index contributed by atoms with van der Waals surface area (Å²) in [6, 6.07) is 7.79. The maximum atomic E-state index is 12.9. The first-order valence-electron chi connectivity index (χ1n) is 6.60. The van der Waals surface area contributed by atoms with E-state index in [1.54, 1.807) is 12.1 Å². The minimum Gasteiger partial charge on any atom is -0.507 e. The molecule has 0 saturated carbocycles. The lowest BCUT2D eigenvalue weighted by atomic mass is 9.98. The number of carbonyl (C=O) groups excluding carboxylic acids is 1. The topological polar surface area (TPSA) is 69.9 Å². The Morgan fingerprint density at radius 3 is 2.35 bits per heavy atom. The summed E-state index contributed by atoms with van der Waals surface area (Å²) >= 11 is 0. The van der Waals surface area contributed by atoms with Gasteiger partial charge in [0.05, 0.1) is 5.56 Å². The van der Waals surface area contributed by atoms with Gasteiger partial charge >= 0.3 is 6.18 Å². The number of halogens is 3. The van der Waals surface area contributed by atoms with Gasteiger partial charge in [-0.3, -0.25) is 4.79 Å². The highest BCUT2D eigenvalue weighted by Crippen LogP contribution is 2.38. The zero-order valence-corrected chi connectivity index (χ0v) is 11.6. The molecule has 2 N–H and O–H groups in total. The van der Waals surface area contributed by atoms with Crippen molar-refractivity contribution in [3.63, 3.8) is 0 Å². The SMILES string of the molecule is O=C1/C(=N\O)Cc2ccc(-c3ccc(O)c(C(F)(F)F)c3)cc21. The molecule has 0 spiro atoms. The molecule has 2 aromatic rings. The quantitative estimate of drug-likeness (QED) is 0.622. The van der Waals surface area contributed by atoms with Crippen LogP contribution in [0.3, 0.4) is 0 Å². The van der Waals surface area contributed by atoms with Crippen LogP contribution >= 0.6 is 0 Å². The number of fused-ring (bicyclic) bond motifs is 1. The molecule has 0 unspecified atom stereocenters. The molecular weight excluding hydrogens is 311 g/mol. The minimum atomic E-state index is -4.68. The summed E-state index contributed by atoms with van der Waals surface area (Å²) in [6.07, 6.45) is -4.49. The fourth-order valence-electron chi connectivity index (χ4n) is 2.56. The first-order valence-corrected chi connectivity index (χ1v) is 6.60. The molecule has 0 aliphatic heterocycles. The van der Waals surface area contributed by atoms with E-state index in [-0.39, 0.29) is 17.7 Å². The summed E-state index contributed by atoms with van der Waals surface area (Å²) < 4.78 is 38.6. The van der Waals surface area contributed by atoms with Crippen molar-refractivity contribution in [2.24, 2.45) is 5.16 Å². The van der Waals surface area contributed by atoms with Crippen LogP contribution in [0.15, 0.2) is 41.6 Å². The van der Waals surface area contributed by atoms with E-state index in [0.717, 1.165) is 12.1 Å². The zero-order valence-electron chi connectivity index (χ0n) is 11.6. The third-order valence-electron chi connectivity index (χ3n) is 3.73. The molecule has 0 amide bonds. The molecular formula is C16H10F3NO3. The fourth-order valence-corrected chi connectivity index (χ4v) is 2.56. The molecule has 1 aliphatic carbocycles. The summed E-state index contributed by atoms with van der Waals surface area (Å²) in [5.74, 6) is -1.30. The highest BCUT2D eigenvalue weighted by Gasteiger charge is 2.34. The molecule has 2 aromatic carbocycles. The van der Waals surface area contributed by atoms with Crippen LogP contribution in [-0.4, -0.2) is 21.8 Å². The Morgan fingerprint density at radius 1 is 1.04 bits per heavy atom. The Bertz CT molecular complexity index is 841. The van der Waals surface area contributed by atoms with Crippen LogP contribution in [0.25, 0.3) is 11.1 Å². The smallest absolute Gasteiger partial charge is 0.419 e. The van der Waals surface area contributed by atoms with Gasteiger partial charge in [-0.1, -0.05) is 23.4 Å². The van der Waals surface area contributed by atoms with Crippen LogP contribution in [-0.2, 0) is 12.6 Å². The fraction of sp³-hybridized carbons (Fsp3) is 0.125. The summed E-state index contributed by atoms with van der Waals surface area (Å²) in [6.45, 7) is 0. The van der Waals surface area contributed by atoms with E-state index >= 15 is 0 Å². The molecule has 4 nitrogen and oxygen atoms in total. The van der Waals surface area contributed by atoms with Gasteiger partial charge in [0.2, 0.25) is 5.78 Å². The molecule has 23 heavy (non-hydrogen) atoms. The zero-order chi connectivity index (χ0) is 16.8. The highest BCUT2D eigenvalue weighted by atomic mass is 19.4. The number of nitrogens with zero attached hydrogens (tertiary/aromatic N) is 1. The van der Waals surface area contributed by atoms with Crippen molar-refractivity contribution < 1.29 is 28.3 Å². The number of hydrogen-bond acceptors (Lipinski definition) is 4. The van der Waals surface area contributed by atoms with Gasteiger partial charge in [0.1, 0.15) is 11.5 Å². The maximum Gasteiger partial charge on any atom is 0.419 e. The number of rotatable bonds is 1. The van der Waals surface area contributed by atoms with Gasteiger partial charge in [-0.25, -0.2) is 0 Å². The lowest BCUT2D eigenvalue weighted by Gasteiger charge is -2.11. The number of carbonyl (C=O) groups is 1. The molecule has 1 aliphatic rings. The standard InChI is InChI=1S/C16H10F3NO3/c17-16(18,19)12-6-9(3-4-14(12)21)8-1-2-10-7-13(20-23)15(22)11(10)5-8/h1-6,21,23H,7H2/b20-13-. The van der Waals surface area contributed by atoms with E-state index in [1.165, 1.54) is 12.1 Å². The highest BCUT2D eigenvalue weighted by molar-refractivity contribution is 6.49. The number of hydrogen-bond donors (Lipinski definition) is 2. The van der Waals surface area contributed by atoms with E-state index in [0.29, 0.717) is 16.7 Å². The van der Waals surface area contributed by atoms with Crippen LogP contribution in [0.5, 0.6) is 5.75 Å². The van der Waals surface area contributed by atoms with Gasteiger partial charge in [0.25, 0.3) is 0 Å². The third-order valence-corrected chi connectivity index (χ3v) is 3.73. The molecule has 0 radical (unpaired) electrons. The van der Waals surface area contributed by atoms with Crippen LogP contribution in [0.4, 0.5) is 13.2 Å². The molecule has 0 saturated heterocycles. The van der Waals surface area contributed by atoms with Crippen molar-refractivity contribution >= 4 is 11.5 Å². The van der Waals surface area contributed by atoms with Crippen molar-refractivity contribution in [2.45, 2.75) is 12.6 Å². The Hall–Kier alpha value is -2.83. The third kappa shape index (κ3) is 2.54. The molecule has 0 aromatic heterocycles. The van der Waals surface area contributed by atoms with Crippen molar-refractivity contribution in [2.75, 3.05) is 0 Å². The second kappa shape index (κ2) is 5.12. The number of benzene rings is 2. The van der Waals surface area contributed by atoms with E-state index in [2.05, 4.69) is 5.16 Å². The first-order chi connectivity index (χ1) is 10.8. The molecule has 3 rings (SSSR count). The second-order valence-electron chi connectivity index (χ2n) is 5.15. The predicted molar refractivity (Wildman–Crippen MR) is 75.8 cm³/mol. The van der Waals surface area contributed by atoms with Gasteiger partial charge < -0.3 is 10.3 Å². The molecule has 0 bridgehead atoms. The number of phenols is 1. The summed E-state index contributed by atoms with van der Waals surface area (Å²) in [5.41, 5.74) is 0.443. The largest absolute Gasteiger partial charge is 0.507 e. The first kappa shape index (κ1) is 15.1. The Morgan fingerprint density at radius 2 is 1.70 bits per heavy atom. The predicted octanol–water partition coefficient (Wildman–Crippen LogP) is 3.65. The monoisotopic (exact) mass is 321 g/mol. The van der Waals surface area contributed by atoms with E-state index in [4.69, 9.17) is 5.21 Å². The molecule has 118 valence electrons. The van der Waals surface area contributed by atoms with Crippen LogP contribution < -0.4 is 0 Å². The van der Waals surface area contributed by atoms with Gasteiger partial charge in [-0.2, -0.15) is 13.2 Å². The number of alkyl halides is 3. The number of oxime groups is 1. The normalized spacial score (nSPS) is 16.0. The minimum absolute atomic E-state index is 0.00108. The van der Waals surface area contributed by atoms with E-state index in [1.807, 2.05) is 0 Å². The van der Waals surface area contributed by atoms with Gasteiger partial charge in [0.15, 0.2) is 0 Å². The lowest BCUT2D eigenvalue weighted by molar-refractivity contribution is -0.138. The summed E-state index contributed by atoms with van der Waals surface area (Å²) in [4.78, 5) is 12.0. The van der Waals surface area contributed by atoms with E-state index in [9.17, 15) is 23.1 Å². The summed E-state index contributed by atoms with van der Waals surface area (Å²) in [5, 5.41) is 21.1. The van der Waals surface area contributed by atoms with Crippen molar-refractivity contribution in [1.29, 1.82) is 0 Å². The molecule has 0 heterocycles. The van der Waals surface area contributed by atoms with Gasteiger partial charge in [-0.05, 0) is 34.9 Å². The number of aromatic hydroxyl groups is 1. The van der Waals surface area contributed by atoms with Gasteiger partial charge in [-0.15, -0.1) is 0 Å². The van der Waals surface area contributed by atoms with Crippen molar-refractivity contribution in [3.05, 3.63) is 53.1 Å². The Balaban J connectivity index is 2.09. The molecule has 7 heteroatoms. The number of Topliss-reactive ketones (excluding diaryl/α,β-unsaturated/α-hetero) is 1. The molecule has 0 atom stereocenters. The second-order valence-corrected chi connectivity index (χ2v) is 5.15. The average molecular weight is 321 g/mol. The van der Waals surface area contributed by atoms with Gasteiger partial charge in [0, 0.05) is 12.0 Å². The van der Waals surface area contributed by atoms with Crippen LogP contribution in [0, 0.1) is 0 Å². The van der Waals surface area contributed by atoms with Crippen LogP contribution in [0.2, 0.25) is 0 Å². The average Bonchev–Trinajstić information content (AvgIpc) is 2.82. The number of ketones is 1. The molecule has 0 fully saturated rings. The maximum absolute atomic E-state index is 12.9. The van der Waals surface area contributed by atoms with Crippen molar-refractivity contribution in [3.8, 4) is 16.9 Å². The van der Waals surface area contributed by atoms with Crippen molar-refractivity contribution in [1.82, 2.24) is 0 Å². The Labute approximate surface area is 128 Å². The van der Waals surface area contributed by atoms with Crippen LogP contribution in [0.1, 0.15) is 21.5 Å². The Kier molecular flexibility index (Phi) is 3.35.